The molecule has 0 radical (unpaired) electrons. The maximum Gasteiger partial charge on any atom is 0.243 e. The molecule has 21 heavy (non-hydrogen) atoms. The van der Waals surface area contributed by atoms with E-state index in [9.17, 15) is 9.18 Å². The Morgan fingerprint density at radius 2 is 2.00 bits per heavy atom. The number of nitrogens with one attached hydrogen (secondary N) is 2. The number of anilines is 2. The molecule has 0 aliphatic carbocycles. The number of benzene rings is 2. The summed E-state index contributed by atoms with van der Waals surface area (Å²) in [5.74, 6) is 0.0487. The second-order valence-corrected chi connectivity index (χ2v) is 4.34. The third-order valence-corrected chi connectivity index (χ3v) is 2.74. The lowest BCUT2D eigenvalue weighted by Gasteiger charge is -2.12. The van der Waals surface area contributed by atoms with Gasteiger partial charge >= 0.3 is 0 Å². The highest BCUT2D eigenvalue weighted by molar-refractivity contribution is 5.95. The first-order chi connectivity index (χ1) is 10.2. The maximum atomic E-state index is 13.0. The van der Waals surface area contributed by atoms with Crippen molar-refractivity contribution in [2.75, 3.05) is 23.8 Å². The van der Waals surface area contributed by atoms with Crippen molar-refractivity contribution in [3.8, 4) is 5.75 Å². The Morgan fingerprint density at radius 1 is 1.19 bits per heavy atom. The molecule has 1 amide bonds. The molecule has 0 unspecified atom stereocenters. The largest absolute Gasteiger partial charge is 0.492 e. The van der Waals surface area contributed by atoms with Crippen molar-refractivity contribution >= 4 is 17.3 Å². The normalized spacial score (nSPS) is 10.0. The minimum atomic E-state index is -0.345. The molecule has 0 aliphatic rings. The van der Waals surface area contributed by atoms with Crippen LogP contribution in [0.25, 0.3) is 0 Å². The van der Waals surface area contributed by atoms with Gasteiger partial charge in [-0.1, -0.05) is 18.2 Å². The van der Waals surface area contributed by atoms with Gasteiger partial charge in [-0.2, -0.15) is 0 Å². The Labute approximate surface area is 122 Å². The van der Waals surface area contributed by atoms with E-state index in [-0.39, 0.29) is 18.3 Å². The molecule has 0 saturated carbocycles. The van der Waals surface area contributed by atoms with Crippen LogP contribution in [0.3, 0.4) is 0 Å². The van der Waals surface area contributed by atoms with Crippen molar-refractivity contribution in [2.24, 2.45) is 0 Å². The quantitative estimate of drug-likeness (QED) is 0.857. The van der Waals surface area contributed by atoms with Crippen molar-refractivity contribution in [1.29, 1.82) is 0 Å². The Hall–Kier alpha value is -2.56. The van der Waals surface area contributed by atoms with Gasteiger partial charge in [0, 0.05) is 5.69 Å². The summed E-state index contributed by atoms with van der Waals surface area (Å²) in [5, 5.41) is 5.62. The number of carbonyl (C=O) groups excluding carboxylic acids is 1. The summed E-state index contributed by atoms with van der Waals surface area (Å²) < 4.78 is 18.5. The number of amides is 1. The summed E-state index contributed by atoms with van der Waals surface area (Å²) in [6.45, 7) is 2.45. The van der Waals surface area contributed by atoms with Crippen LogP contribution in [0, 0.1) is 5.82 Å². The highest BCUT2D eigenvalue weighted by Gasteiger charge is 2.07. The van der Waals surface area contributed by atoms with Crippen LogP contribution in [0.15, 0.2) is 48.5 Å². The molecule has 5 heteroatoms. The molecule has 0 aromatic heterocycles. The third kappa shape index (κ3) is 4.49. The van der Waals surface area contributed by atoms with Crippen LogP contribution < -0.4 is 15.4 Å². The first-order valence-corrected chi connectivity index (χ1v) is 6.70. The second kappa shape index (κ2) is 7.28. The third-order valence-electron chi connectivity index (χ3n) is 2.74. The number of hydrogen-bond donors (Lipinski definition) is 2. The van der Waals surface area contributed by atoms with Gasteiger partial charge in [0.15, 0.2) is 0 Å². The number of halogens is 1. The maximum absolute atomic E-state index is 13.0. The van der Waals surface area contributed by atoms with Gasteiger partial charge < -0.3 is 15.4 Å². The highest BCUT2D eigenvalue weighted by Crippen LogP contribution is 2.23. The van der Waals surface area contributed by atoms with Crippen LogP contribution in [-0.4, -0.2) is 19.1 Å². The van der Waals surface area contributed by atoms with E-state index < -0.39 is 0 Å². The monoisotopic (exact) mass is 288 g/mol. The summed E-state index contributed by atoms with van der Waals surface area (Å²) in [6, 6.07) is 13.2. The van der Waals surface area contributed by atoms with Gasteiger partial charge in [-0.05, 0) is 37.3 Å². The number of para-hydroxylation sites is 2. The van der Waals surface area contributed by atoms with E-state index in [1.165, 1.54) is 12.1 Å². The zero-order valence-corrected chi connectivity index (χ0v) is 11.7. The Kier molecular flexibility index (Phi) is 5.15. The number of hydrogen-bond acceptors (Lipinski definition) is 3. The van der Waals surface area contributed by atoms with E-state index >= 15 is 0 Å². The van der Waals surface area contributed by atoms with Gasteiger partial charge in [-0.15, -0.1) is 0 Å². The Balaban J connectivity index is 1.93. The summed E-state index contributed by atoms with van der Waals surface area (Å²) >= 11 is 0. The van der Waals surface area contributed by atoms with Gasteiger partial charge in [-0.25, -0.2) is 4.39 Å². The first kappa shape index (κ1) is 14.8. The Bertz CT molecular complexity index is 617. The molecular formula is C16H17FN2O2. The smallest absolute Gasteiger partial charge is 0.243 e. The Morgan fingerprint density at radius 3 is 2.76 bits per heavy atom. The van der Waals surface area contributed by atoms with Gasteiger partial charge in [0.2, 0.25) is 5.91 Å². The average molecular weight is 288 g/mol. The standard InChI is InChI=1S/C16H17FN2O2/c1-2-21-15-9-4-3-8-14(15)19-16(20)11-18-13-7-5-6-12(17)10-13/h3-10,18H,2,11H2,1H3,(H,19,20). The fourth-order valence-corrected chi connectivity index (χ4v) is 1.83. The van der Waals surface area contributed by atoms with Crippen LogP contribution in [0.5, 0.6) is 5.75 Å². The highest BCUT2D eigenvalue weighted by atomic mass is 19.1. The SMILES string of the molecule is CCOc1ccccc1NC(=O)CNc1cccc(F)c1. The minimum absolute atomic E-state index is 0.0455. The molecule has 2 aromatic carbocycles. The summed E-state index contributed by atoms with van der Waals surface area (Å²) in [6.07, 6.45) is 0. The lowest BCUT2D eigenvalue weighted by Crippen LogP contribution is -2.22. The zero-order valence-electron chi connectivity index (χ0n) is 11.7. The van der Waals surface area contributed by atoms with E-state index in [0.717, 1.165) is 0 Å². The van der Waals surface area contributed by atoms with Crippen molar-refractivity contribution in [3.63, 3.8) is 0 Å². The lowest BCUT2D eigenvalue weighted by atomic mass is 10.3. The minimum Gasteiger partial charge on any atom is -0.492 e. The van der Waals surface area contributed by atoms with E-state index in [1.54, 1.807) is 24.3 Å². The molecule has 0 atom stereocenters. The van der Waals surface area contributed by atoms with Gasteiger partial charge in [0.05, 0.1) is 18.8 Å². The van der Waals surface area contributed by atoms with Crippen molar-refractivity contribution in [1.82, 2.24) is 0 Å². The van der Waals surface area contributed by atoms with Crippen LogP contribution >= 0.6 is 0 Å². The van der Waals surface area contributed by atoms with Crippen molar-refractivity contribution < 1.29 is 13.9 Å². The van der Waals surface area contributed by atoms with E-state index in [0.29, 0.717) is 23.7 Å². The lowest BCUT2D eigenvalue weighted by molar-refractivity contribution is -0.114. The molecule has 0 fully saturated rings. The first-order valence-electron chi connectivity index (χ1n) is 6.70. The fourth-order valence-electron chi connectivity index (χ4n) is 1.83. The summed E-state index contributed by atoms with van der Waals surface area (Å²) in [7, 11) is 0. The summed E-state index contributed by atoms with van der Waals surface area (Å²) in [4.78, 5) is 11.9. The molecule has 4 nitrogen and oxygen atoms in total. The van der Waals surface area contributed by atoms with Crippen LogP contribution in [0.4, 0.5) is 15.8 Å². The predicted octanol–water partition coefficient (Wildman–Crippen LogP) is 3.28. The van der Waals surface area contributed by atoms with Crippen LogP contribution in [0.2, 0.25) is 0 Å². The molecule has 0 saturated heterocycles. The van der Waals surface area contributed by atoms with Crippen molar-refractivity contribution in [2.45, 2.75) is 6.92 Å². The molecule has 0 heterocycles. The summed E-state index contributed by atoms with van der Waals surface area (Å²) in [5.41, 5.74) is 1.17. The topological polar surface area (TPSA) is 50.4 Å². The number of ether oxygens (including phenoxy) is 1. The number of carbonyl (C=O) groups is 1. The van der Waals surface area contributed by atoms with Crippen molar-refractivity contribution in [3.05, 3.63) is 54.3 Å². The second-order valence-electron chi connectivity index (χ2n) is 4.34. The van der Waals surface area contributed by atoms with Gasteiger partial charge in [0.25, 0.3) is 0 Å². The molecule has 0 aliphatic heterocycles. The molecule has 2 rings (SSSR count). The van der Waals surface area contributed by atoms with Crippen LogP contribution in [0.1, 0.15) is 6.92 Å². The van der Waals surface area contributed by atoms with Gasteiger partial charge in [-0.3, -0.25) is 4.79 Å². The molecule has 110 valence electrons. The average Bonchev–Trinajstić information content (AvgIpc) is 2.48. The van der Waals surface area contributed by atoms with Crippen LogP contribution in [-0.2, 0) is 4.79 Å². The molecule has 0 bridgehead atoms. The molecular weight excluding hydrogens is 271 g/mol. The van der Waals surface area contributed by atoms with E-state index in [4.69, 9.17) is 4.74 Å². The predicted molar refractivity (Wildman–Crippen MR) is 81.1 cm³/mol. The molecule has 2 aromatic rings. The van der Waals surface area contributed by atoms with E-state index in [2.05, 4.69) is 10.6 Å². The molecule has 0 spiro atoms. The number of rotatable bonds is 6. The van der Waals surface area contributed by atoms with Gasteiger partial charge in [0.1, 0.15) is 11.6 Å². The molecule has 2 N–H and O–H groups in total. The fraction of sp³-hybridized carbons (Fsp3) is 0.188. The van der Waals surface area contributed by atoms with E-state index in [1.807, 2.05) is 19.1 Å². The zero-order chi connectivity index (χ0) is 15.1.